The van der Waals surface area contributed by atoms with E-state index < -0.39 is 10.0 Å². The van der Waals surface area contributed by atoms with E-state index in [4.69, 9.17) is 10.5 Å². The molecule has 0 saturated carbocycles. The van der Waals surface area contributed by atoms with Crippen molar-refractivity contribution in [1.82, 2.24) is 4.72 Å². The molecule has 0 heterocycles. The third kappa shape index (κ3) is 6.15. The van der Waals surface area contributed by atoms with Gasteiger partial charge < -0.3 is 10.5 Å². The number of sulfonamides is 1. The fourth-order valence-corrected chi connectivity index (χ4v) is 3.59. The number of nitrogens with two attached hydrogens (primary N) is 1. The predicted molar refractivity (Wildman–Crippen MR) is 89.4 cm³/mol. The highest BCUT2D eigenvalue weighted by molar-refractivity contribution is 7.98. The number of nitrogens with one attached hydrogen (secondary N) is 1. The van der Waals surface area contributed by atoms with E-state index in [1.165, 1.54) is 25.7 Å². The van der Waals surface area contributed by atoms with Crippen LogP contribution in [0.4, 0.5) is 5.69 Å². The first-order valence-corrected chi connectivity index (χ1v) is 9.81. The molecule has 21 heavy (non-hydrogen) atoms. The summed E-state index contributed by atoms with van der Waals surface area (Å²) >= 11 is 1.84. The second kappa shape index (κ2) is 9.17. The molecular formula is C14H24N2O3S2. The molecule has 7 heteroatoms. The number of unbranched alkanes of at least 4 members (excludes halogenated alkanes) is 3. The first-order valence-electron chi connectivity index (χ1n) is 6.93. The minimum absolute atomic E-state index is 0.102. The second-order valence-electron chi connectivity index (χ2n) is 4.71. The summed E-state index contributed by atoms with van der Waals surface area (Å²) in [6.07, 6.45) is 6.27. The van der Waals surface area contributed by atoms with E-state index in [1.807, 2.05) is 11.8 Å². The molecule has 0 aliphatic carbocycles. The predicted octanol–water partition coefficient (Wildman–Crippen LogP) is 2.48. The molecule has 3 N–H and O–H groups in total. The van der Waals surface area contributed by atoms with Gasteiger partial charge in [0.15, 0.2) is 0 Å². The maximum atomic E-state index is 12.2. The van der Waals surface area contributed by atoms with Crippen LogP contribution < -0.4 is 15.2 Å². The minimum Gasteiger partial charge on any atom is -0.497 e. The van der Waals surface area contributed by atoms with Crippen LogP contribution in [0.15, 0.2) is 23.1 Å². The van der Waals surface area contributed by atoms with Crippen LogP contribution in [0.1, 0.15) is 25.7 Å². The van der Waals surface area contributed by atoms with Crippen molar-refractivity contribution >= 4 is 27.5 Å². The van der Waals surface area contributed by atoms with Gasteiger partial charge in [0.05, 0.1) is 12.8 Å². The van der Waals surface area contributed by atoms with Crippen molar-refractivity contribution in [2.75, 3.05) is 31.4 Å². The molecule has 1 aromatic carbocycles. The van der Waals surface area contributed by atoms with Crippen LogP contribution in [0, 0.1) is 0 Å². The summed E-state index contributed by atoms with van der Waals surface area (Å²) in [7, 11) is -2.04. The summed E-state index contributed by atoms with van der Waals surface area (Å²) in [5.41, 5.74) is 5.96. The molecule has 0 aliphatic rings. The summed E-state index contributed by atoms with van der Waals surface area (Å²) < 4.78 is 31.9. The molecule has 120 valence electrons. The van der Waals surface area contributed by atoms with Crippen molar-refractivity contribution in [1.29, 1.82) is 0 Å². The van der Waals surface area contributed by atoms with Gasteiger partial charge in [-0.15, -0.1) is 0 Å². The van der Waals surface area contributed by atoms with E-state index in [0.29, 0.717) is 12.3 Å². The molecule has 0 fully saturated rings. The molecule has 0 amide bonds. The highest BCUT2D eigenvalue weighted by atomic mass is 32.2. The van der Waals surface area contributed by atoms with Crippen molar-refractivity contribution < 1.29 is 13.2 Å². The Kier molecular flexibility index (Phi) is 7.92. The summed E-state index contributed by atoms with van der Waals surface area (Å²) in [6, 6.07) is 4.57. The zero-order chi connectivity index (χ0) is 15.7. The van der Waals surface area contributed by atoms with Crippen molar-refractivity contribution in [3.8, 4) is 5.75 Å². The normalized spacial score (nSPS) is 11.5. The summed E-state index contributed by atoms with van der Waals surface area (Å²) in [6.45, 7) is 0.438. The van der Waals surface area contributed by atoms with E-state index in [1.54, 1.807) is 6.07 Å². The van der Waals surface area contributed by atoms with Crippen LogP contribution in [-0.2, 0) is 10.0 Å². The molecule has 0 saturated heterocycles. The van der Waals surface area contributed by atoms with Gasteiger partial charge in [-0.05, 0) is 37.0 Å². The molecule has 5 nitrogen and oxygen atoms in total. The van der Waals surface area contributed by atoms with Crippen LogP contribution >= 0.6 is 11.8 Å². The molecule has 0 radical (unpaired) electrons. The Morgan fingerprint density at radius 3 is 2.57 bits per heavy atom. The Balaban J connectivity index is 2.46. The molecule has 1 rings (SSSR count). The number of anilines is 1. The number of nitrogen functional groups attached to an aromatic ring is 1. The smallest absolute Gasteiger partial charge is 0.242 e. The SMILES string of the molecule is COc1ccc(S(=O)(=O)NCCCCCCSC)c(N)c1. The average Bonchev–Trinajstić information content (AvgIpc) is 2.45. The molecule has 0 atom stereocenters. The van der Waals surface area contributed by atoms with Crippen LogP contribution in [0.5, 0.6) is 5.75 Å². The largest absolute Gasteiger partial charge is 0.497 e. The van der Waals surface area contributed by atoms with Gasteiger partial charge in [0.2, 0.25) is 10.0 Å². The number of hydrogen-bond acceptors (Lipinski definition) is 5. The highest BCUT2D eigenvalue weighted by Gasteiger charge is 2.17. The molecule has 0 aromatic heterocycles. The van der Waals surface area contributed by atoms with Crippen LogP contribution in [0.3, 0.4) is 0 Å². The lowest BCUT2D eigenvalue weighted by Gasteiger charge is -2.10. The van der Waals surface area contributed by atoms with Gasteiger partial charge in [0, 0.05) is 12.6 Å². The zero-order valence-electron chi connectivity index (χ0n) is 12.6. The van der Waals surface area contributed by atoms with Gasteiger partial charge >= 0.3 is 0 Å². The molecule has 1 aromatic rings. The van der Waals surface area contributed by atoms with Gasteiger partial charge in [0.25, 0.3) is 0 Å². The fraction of sp³-hybridized carbons (Fsp3) is 0.571. The summed E-state index contributed by atoms with van der Waals surface area (Å²) in [4.78, 5) is 0.102. The van der Waals surface area contributed by atoms with E-state index in [0.717, 1.165) is 25.0 Å². The topological polar surface area (TPSA) is 81.4 Å². The Bertz CT molecular complexity index is 533. The highest BCUT2D eigenvalue weighted by Crippen LogP contribution is 2.23. The van der Waals surface area contributed by atoms with Crippen molar-refractivity contribution in [2.45, 2.75) is 30.6 Å². The average molecular weight is 332 g/mol. The fourth-order valence-electron chi connectivity index (χ4n) is 1.91. The number of benzene rings is 1. The number of thioether (sulfide) groups is 1. The molecule has 0 spiro atoms. The maximum Gasteiger partial charge on any atom is 0.242 e. The first-order chi connectivity index (χ1) is 10.0. The van der Waals surface area contributed by atoms with Crippen LogP contribution in [0.2, 0.25) is 0 Å². The second-order valence-corrected chi connectivity index (χ2v) is 7.43. The van der Waals surface area contributed by atoms with Gasteiger partial charge in [-0.25, -0.2) is 13.1 Å². The Hall–Kier alpha value is -0.920. The van der Waals surface area contributed by atoms with Crippen molar-refractivity contribution in [2.24, 2.45) is 0 Å². The van der Waals surface area contributed by atoms with E-state index in [2.05, 4.69) is 11.0 Å². The van der Waals surface area contributed by atoms with Crippen LogP contribution in [0.25, 0.3) is 0 Å². The Morgan fingerprint density at radius 2 is 1.95 bits per heavy atom. The van der Waals surface area contributed by atoms with E-state index in [9.17, 15) is 8.42 Å². The van der Waals surface area contributed by atoms with Crippen LogP contribution in [-0.4, -0.2) is 34.1 Å². The lowest BCUT2D eigenvalue weighted by atomic mass is 10.2. The summed E-state index contributed by atoms with van der Waals surface area (Å²) in [5.74, 6) is 1.70. The standard InChI is InChI=1S/C14H24N2O3S2/c1-19-12-7-8-14(13(15)11-12)21(17,18)16-9-5-3-4-6-10-20-2/h7-8,11,16H,3-6,9-10,15H2,1-2H3. The van der Waals surface area contributed by atoms with Gasteiger partial charge in [-0.3, -0.25) is 0 Å². The van der Waals surface area contributed by atoms with Gasteiger partial charge in [0.1, 0.15) is 10.6 Å². The third-order valence-electron chi connectivity index (χ3n) is 3.07. The summed E-state index contributed by atoms with van der Waals surface area (Å²) in [5, 5.41) is 0. The van der Waals surface area contributed by atoms with E-state index >= 15 is 0 Å². The van der Waals surface area contributed by atoms with Crippen molar-refractivity contribution in [3.05, 3.63) is 18.2 Å². The van der Waals surface area contributed by atoms with Gasteiger partial charge in [-0.1, -0.05) is 12.8 Å². The molecular weight excluding hydrogens is 308 g/mol. The number of hydrogen-bond donors (Lipinski definition) is 2. The number of ether oxygens (including phenoxy) is 1. The molecule has 0 aliphatic heterocycles. The third-order valence-corrected chi connectivity index (χ3v) is 5.31. The quantitative estimate of drug-likeness (QED) is 0.508. The van der Waals surface area contributed by atoms with Crippen molar-refractivity contribution in [3.63, 3.8) is 0 Å². The van der Waals surface area contributed by atoms with Gasteiger partial charge in [-0.2, -0.15) is 11.8 Å². The number of rotatable bonds is 10. The maximum absolute atomic E-state index is 12.2. The zero-order valence-corrected chi connectivity index (χ0v) is 14.2. The first kappa shape index (κ1) is 18.1. The monoisotopic (exact) mass is 332 g/mol. The number of methoxy groups -OCH3 is 1. The molecule has 0 unspecified atom stereocenters. The molecule has 0 bridgehead atoms. The lowest BCUT2D eigenvalue weighted by Crippen LogP contribution is -2.25. The van der Waals surface area contributed by atoms with E-state index in [-0.39, 0.29) is 10.6 Å². The Labute approximate surface area is 131 Å². The minimum atomic E-state index is -3.55. The Morgan fingerprint density at radius 1 is 1.24 bits per heavy atom. The lowest BCUT2D eigenvalue weighted by molar-refractivity contribution is 0.414.